The Morgan fingerprint density at radius 2 is 2.00 bits per heavy atom. The zero-order valence-electron chi connectivity index (χ0n) is 8.56. The Kier molecular flexibility index (Phi) is 4.13. The minimum atomic E-state index is -0.00338. The van der Waals surface area contributed by atoms with Crippen molar-refractivity contribution in [1.82, 2.24) is 4.90 Å². The molecule has 1 amide bonds. The third kappa shape index (κ3) is 3.18. The summed E-state index contributed by atoms with van der Waals surface area (Å²) in [7, 11) is 3.29. The van der Waals surface area contributed by atoms with E-state index in [4.69, 9.17) is 4.74 Å². The van der Waals surface area contributed by atoms with Gasteiger partial charge in [-0.2, -0.15) is 0 Å². The van der Waals surface area contributed by atoms with Gasteiger partial charge in [0, 0.05) is 20.7 Å². The number of amides is 1. The van der Waals surface area contributed by atoms with Crippen molar-refractivity contribution >= 4 is 5.91 Å². The Morgan fingerprint density at radius 3 is 2.57 bits per heavy atom. The summed E-state index contributed by atoms with van der Waals surface area (Å²) in [4.78, 5) is 13.0. The first-order valence-electron chi connectivity index (χ1n) is 4.51. The van der Waals surface area contributed by atoms with Crippen molar-refractivity contribution in [2.24, 2.45) is 0 Å². The highest BCUT2D eigenvalue weighted by Gasteiger charge is 2.07. The maximum Gasteiger partial charge on any atom is 0.248 e. The molecular weight excluding hydrogens is 178 g/mol. The lowest BCUT2D eigenvalue weighted by Crippen LogP contribution is -2.29. The quantitative estimate of drug-likeness (QED) is 0.721. The van der Waals surface area contributed by atoms with Gasteiger partial charge in [0.1, 0.15) is 6.61 Å². The molecule has 0 saturated carbocycles. The number of likely N-dealkylation sites (N-methyl/N-ethyl adjacent to an activating group) is 1. The fourth-order valence-corrected chi connectivity index (χ4v) is 1.18. The molecule has 3 heteroatoms. The second kappa shape index (κ2) is 5.40. The molecule has 0 aromatic heterocycles. The molecule has 0 aliphatic heterocycles. The van der Waals surface area contributed by atoms with E-state index in [0.717, 1.165) is 5.56 Å². The van der Waals surface area contributed by atoms with Gasteiger partial charge < -0.3 is 9.64 Å². The summed E-state index contributed by atoms with van der Waals surface area (Å²) in [6.07, 6.45) is 0. The van der Waals surface area contributed by atoms with E-state index in [1.54, 1.807) is 11.9 Å². The number of hydrogen-bond acceptors (Lipinski definition) is 2. The van der Waals surface area contributed by atoms with E-state index in [0.29, 0.717) is 6.54 Å². The highest BCUT2D eigenvalue weighted by Crippen LogP contribution is 2.02. The number of ether oxygens (including phenoxy) is 1. The van der Waals surface area contributed by atoms with E-state index in [2.05, 4.69) is 0 Å². The molecule has 0 aliphatic carbocycles. The van der Waals surface area contributed by atoms with Crippen LogP contribution in [0.2, 0.25) is 0 Å². The molecule has 1 rings (SSSR count). The molecule has 3 nitrogen and oxygen atoms in total. The fourth-order valence-electron chi connectivity index (χ4n) is 1.18. The first kappa shape index (κ1) is 10.7. The summed E-state index contributed by atoms with van der Waals surface area (Å²) in [6.45, 7) is 0.770. The number of carbonyl (C=O) groups excluding carboxylic acids is 1. The van der Waals surface area contributed by atoms with Gasteiger partial charge in [-0.1, -0.05) is 30.3 Å². The number of nitrogens with zero attached hydrogens (tertiary/aromatic N) is 1. The molecule has 0 unspecified atom stereocenters. The van der Waals surface area contributed by atoms with Crippen LogP contribution < -0.4 is 0 Å². The fraction of sp³-hybridized carbons (Fsp3) is 0.364. The van der Waals surface area contributed by atoms with Crippen molar-refractivity contribution in [3.05, 3.63) is 35.9 Å². The minimum Gasteiger partial charge on any atom is -0.375 e. The summed E-state index contributed by atoms with van der Waals surface area (Å²) in [5.41, 5.74) is 1.12. The molecule has 0 bridgehead atoms. The predicted octanol–water partition coefficient (Wildman–Crippen LogP) is 1.29. The van der Waals surface area contributed by atoms with Crippen molar-refractivity contribution in [3.8, 4) is 0 Å². The number of hydrogen-bond donors (Lipinski definition) is 0. The molecule has 76 valence electrons. The van der Waals surface area contributed by atoms with Gasteiger partial charge in [0.05, 0.1) is 0 Å². The van der Waals surface area contributed by atoms with Crippen LogP contribution in [0.1, 0.15) is 5.56 Å². The number of methoxy groups -OCH3 is 1. The van der Waals surface area contributed by atoms with E-state index in [-0.39, 0.29) is 12.5 Å². The van der Waals surface area contributed by atoms with Crippen molar-refractivity contribution in [3.63, 3.8) is 0 Å². The van der Waals surface area contributed by atoms with Gasteiger partial charge in [0.2, 0.25) is 5.91 Å². The van der Waals surface area contributed by atoms with Gasteiger partial charge in [0.15, 0.2) is 0 Å². The molecule has 0 radical (unpaired) electrons. The Balaban J connectivity index is 2.49. The Morgan fingerprint density at radius 1 is 1.36 bits per heavy atom. The van der Waals surface area contributed by atoms with Gasteiger partial charge >= 0.3 is 0 Å². The third-order valence-electron chi connectivity index (χ3n) is 1.96. The van der Waals surface area contributed by atoms with Crippen LogP contribution in [0.15, 0.2) is 30.3 Å². The maximum absolute atomic E-state index is 11.3. The molecule has 0 atom stereocenters. The van der Waals surface area contributed by atoms with E-state index < -0.39 is 0 Å². The lowest BCUT2D eigenvalue weighted by Gasteiger charge is -2.16. The van der Waals surface area contributed by atoms with Gasteiger partial charge in [0.25, 0.3) is 0 Å². The Bertz CT molecular complexity index is 285. The molecule has 1 aromatic rings. The van der Waals surface area contributed by atoms with Gasteiger partial charge in [-0.15, -0.1) is 0 Å². The molecule has 14 heavy (non-hydrogen) atoms. The SMILES string of the molecule is COCC(=O)N(C)Cc1ccccc1. The Hall–Kier alpha value is -1.35. The molecule has 0 N–H and O–H groups in total. The van der Waals surface area contributed by atoms with Crippen LogP contribution in [-0.4, -0.2) is 31.6 Å². The highest BCUT2D eigenvalue weighted by atomic mass is 16.5. The number of rotatable bonds is 4. The van der Waals surface area contributed by atoms with Crippen LogP contribution in [-0.2, 0) is 16.1 Å². The first-order valence-corrected chi connectivity index (χ1v) is 4.51. The number of benzene rings is 1. The Labute approximate surface area is 84.3 Å². The molecular formula is C11H15NO2. The van der Waals surface area contributed by atoms with E-state index >= 15 is 0 Å². The van der Waals surface area contributed by atoms with Crippen LogP contribution in [0.3, 0.4) is 0 Å². The predicted molar refractivity (Wildman–Crippen MR) is 54.8 cm³/mol. The van der Waals surface area contributed by atoms with Crippen LogP contribution in [0.25, 0.3) is 0 Å². The molecule has 0 saturated heterocycles. The number of carbonyl (C=O) groups is 1. The van der Waals surface area contributed by atoms with Crippen molar-refractivity contribution in [2.45, 2.75) is 6.54 Å². The summed E-state index contributed by atoms with van der Waals surface area (Å²) >= 11 is 0. The van der Waals surface area contributed by atoms with E-state index in [1.807, 2.05) is 30.3 Å². The van der Waals surface area contributed by atoms with Crippen molar-refractivity contribution in [1.29, 1.82) is 0 Å². The summed E-state index contributed by atoms with van der Waals surface area (Å²) in [6, 6.07) is 9.88. The molecule has 0 spiro atoms. The van der Waals surface area contributed by atoms with Gasteiger partial charge in [-0.25, -0.2) is 0 Å². The van der Waals surface area contributed by atoms with Crippen LogP contribution >= 0.6 is 0 Å². The van der Waals surface area contributed by atoms with Crippen molar-refractivity contribution in [2.75, 3.05) is 20.8 Å². The average molecular weight is 193 g/mol. The molecule has 1 aromatic carbocycles. The summed E-state index contributed by atoms with van der Waals surface area (Å²) < 4.78 is 4.77. The van der Waals surface area contributed by atoms with Crippen LogP contribution in [0.4, 0.5) is 0 Å². The van der Waals surface area contributed by atoms with E-state index in [9.17, 15) is 4.79 Å². The monoisotopic (exact) mass is 193 g/mol. The molecule has 0 heterocycles. The molecule has 0 fully saturated rings. The highest BCUT2D eigenvalue weighted by molar-refractivity contribution is 5.77. The summed E-state index contributed by atoms with van der Waals surface area (Å²) in [5.74, 6) is -0.00338. The molecule has 0 aliphatic rings. The smallest absolute Gasteiger partial charge is 0.248 e. The standard InChI is InChI=1S/C11H15NO2/c1-12(11(13)9-14-2)8-10-6-4-3-5-7-10/h3-7H,8-9H2,1-2H3. The average Bonchev–Trinajstić information content (AvgIpc) is 2.19. The second-order valence-electron chi connectivity index (χ2n) is 3.17. The summed E-state index contributed by atoms with van der Waals surface area (Å²) in [5, 5.41) is 0. The zero-order chi connectivity index (χ0) is 10.4. The van der Waals surface area contributed by atoms with Crippen molar-refractivity contribution < 1.29 is 9.53 Å². The lowest BCUT2D eigenvalue weighted by atomic mass is 10.2. The topological polar surface area (TPSA) is 29.5 Å². The van der Waals surface area contributed by atoms with E-state index in [1.165, 1.54) is 7.11 Å². The lowest BCUT2D eigenvalue weighted by molar-refractivity contribution is -0.134. The first-order chi connectivity index (χ1) is 6.74. The zero-order valence-corrected chi connectivity index (χ0v) is 8.56. The maximum atomic E-state index is 11.3. The van der Waals surface area contributed by atoms with Crippen LogP contribution in [0, 0.1) is 0 Å². The normalized spacial score (nSPS) is 9.86. The van der Waals surface area contributed by atoms with Gasteiger partial charge in [-0.3, -0.25) is 4.79 Å². The minimum absolute atomic E-state index is 0.00338. The third-order valence-corrected chi connectivity index (χ3v) is 1.96. The second-order valence-corrected chi connectivity index (χ2v) is 3.17. The van der Waals surface area contributed by atoms with Crippen LogP contribution in [0.5, 0.6) is 0 Å². The largest absolute Gasteiger partial charge is 0.375 e. The van der Waals surface area contributed by atoms with Gasteiger partial charge in [-0.05, 0) is 5.56 Å².